The maximum absolute atomic E-state index is 14.4. The van der Waals surface area contributed by atoms with Gasteiger partial charge in [-0.1, -0.05) is 0 Å². The average molecular weight is 385 g/mol. The Bertz CT molecular complexity index is 1110. The molecule has 10 heteroatoms. The van der Waals surface area contributed by atoms with Gasteiger partial charge in [0.05, 0.1) is 30.9 Å². The standard InChI is InChI=1S/C18H17F2N7O/c1-3-28-16-7-15(25-26-16)23-17-12(20)6-14-18(24-17)27(9-22-14)10(2)13-5-4-11(19)8-21-13/h4-10H,3H2,1-2H3,(H2,23,24,25,26)/t10-/m0/s1. The van der Waals surface area contributed by atoms with Crippen molar-refractivity contribution in [1.82, 2.24) is 29.7 Å². The molecule has 0 saturated carbocycles. The van der Waals surface area contributed by atoms with Crippen LogP contribution < -0.4 is 10.1 Å². The minimum atomic E-state index is -0.558. The molecule has 144 valence electrons. The van der Waals surface area contributed by atoms with Crippen molar-refractivity contribution in [1.29, 1.82) is 0 Å². The molecule has 0 aliphatic carbocycles. The van der Waals surface area contributed by atoms with Crippen LogP contribution in [-0.2, 0) is 0 Å². The third kappa shape index (κ3) is 3.36. The number of H-pyrrole nitrogens is 1. The van der Waals surface area contributed by atoms with Crippen molar-refractivity contribution in [2.24, 2.45) is 0 Å². The monoisotopic (exact) mass is 385 g/mol. The van der Waals surface area contributed by atoms with Gasteiger partial charge >= 0.3 is 0 Å². The largest absolute Gasteiger partial charge is 0.477 e. The number of nitrogens with zero attached hydrogens (tertiary/aromatic N) is 5. The summed E-state index contributed by atoms with van der Waals surface area (Å²) in [4.78, 5) is 12.7. The molecule has 0 aliphatic rings. The molecular formula is C18H17F2N7O. The van der Waals surface area contributed by atoms with E-state index < -0.39 is 11.6 Å². The first kappa shape index (κ1) is 17.8. The van der Waals surface area contributed by atoms with Crippen LogP contribution in [0.1, 0.15) is 25.6 Å². The Kier molecular flexibility index (Phi) is 4.60. The number of ether oxygens (including phenoxy) is 1. The minimum absolute atomic E-state index is 0.0141. The van der Waals surface area contributed by atoms with Crippen molar-refractivity contribution >= 4 is 22.8 Å². The van der Waals surface area contributed by atoms with E-state index in [4.69, 9.17) is 4.74 Å². The number of anilines is 2. The summed E-state index contributed by atoms with van der Waals surface area (Å²) in [5.74, 6) is -0.122. The third-order valence-electron chi connectivity index (χ3n) is 4.20. The molecule has 0 amide bonds. The molecule has 0 spiro atoms. The first-order valence-corrected chi connectivity index (χ1v) is 8.65. The third-order valence-corrected chi connectivity index (χ3v) is 4.20. The molecule has 4 rings (SSSR count). The highest BCUT2D eigenvalue weighted by Crippen LogP contribution is 2.26. The summed E-state index contributed by atoms with van der Waals surface area (Å²) in [6.45, 7) is 4.19. The maximum atomic E-state index is 14.4. The normalized spacial score (nSPS) is 12.3. The van der Waals surface area contributed by atoms with Gasteiger partial charge in [0.15, 0.2) is 17.3 Å². The molecule has 2 N–H and O–H groups in total. The number of halogens is 2. The lowest BCUT2D eigenvalue weighted by Crippen LogP contribution is -2.09. The fraction of sp³-hybridized carbons (Fsp3) is 0.222. The predicted octanol–water partition coefficient (Wildman–Crippen LogP) is 3.58. The van der Waals surface area contributed by atoms with Crippen LogP contribution >= 0.6 is 0 Å². The molecular weight excluding hydrogens is 368 g/mol. The van der Waals surface area contributed by atoms with Gasteiger partial charge in [-0.05, 0) is 26.0 Å². The molecule has 0 bridgehead atoms. The van der Waals surface area contributed by atoms with Gasteiger partial charge in [-0.15, -0.1) is 5.10 Å². The fourth-order valence-electron chi connectivity index (χ4n) is 2.80. The molecule has 0 unspecified atom stereocenters. The Morgan fingerprint density at radius 2 is 2.11 bits per heavy atom. The Morgan fingerprint density at radius 1 is 1.25 bits per heavy atom. The Labute approximate surface area is 158 Å². The van der Waals surface area contributed by atoms with E-state index >= 15 is 0 Å². The van der Waals surface area contributed by atoms with Gasteiger partial charge in [0, 0.05) is 12.1 Å². The zero-order valence-electron chi connectivity index (χ0n) is 15.1. The molecule has 4 aromatic rings. The van der Waals surface area contributed by atoms with Crippen LogP contribution in [0.4, 0.5) is 20.4 Å². The minimum Gasteiger partial charge on any atom is -0.477 e. The summed E-state index contributed by atoms with van der Waals surface area (Å²) in [5.41, 5.74) is 1.50. The van der Waals surface area contributed by atoms with E-state index in [1.807, 2.05) is 13.8 Å². The van der Waals surface area contributed by atoms with Crippen LogP contribution in [0.15, 0.2) is 36.8 Å². The van der Waals surface area contributed by atoms with Crippen LogP contribution in [0, 0.1) is 11.6 Å². The predicted molar refractivity (Wildman–Crippen MR) is 98.5 cm³/mol. The second kappa shape index (κ2) is 7.22. The number of fused-ring (bicyclic) bond motifs is 1. The van der Waals surface area contributed by atoms with Crippen LogP contribution in [0.25, 0.3) is 11.2 Å². The maximum Gasteiger partial charge on any atom is 0.234 e. The van der Waals surface area contributed by atoms with Gasteiger partial charge in [0.25, 0.3) is 0 Å². The molecule has 1 atom stereocenters. The second-order valence-corrected chi connectivity index (χ2v) is 6.07. The zero-order chi connectivity index (χ0) is 19.7. The summed E-state index contributed by atoms with van der Waals surface area (Å²) < 4.78 is 34.6. The van der Waals surface area contributed by atoms with E-state index in [1.165, 1.54) is 12.1 Å². The van der Waals surface area contributed by atoms with Gasteiger partial charge in [-0.25, -0.2) is 18.7 Å². The number of pyridine rings is 2. The molecule has 0 fully saturated rings. The first-order chi connectivity index (χ1) is 13.5. The van der Waals surface area contributed by atoms with E-state index in [2.05, 4.69) is 30.5 Å². The van der Waals surface area contributed by atoms with E-state index in [9.17, 15) is 8.78 Å². The Balaban J connectivity index is 1.68. The topological polar surface area (TPSA) is 93.5 Å². The molecule has 0 aliphatic heterocycles. The summed E-state index contributed by atoms with van der Waals surface area (Å²) in [6, 6.07) is 5.57. The van der Waals surface area contributed by atoms with Crippen molar-refractivity contribution in [3.63, 3.8) is 0 Å². The Hall–Kier alpha value is -3.56. The lowest BCUT2D eigenvalue weighted by atomic mass is 10.2. The Morgan fingerprint density at radius 3 is 2.86 bits per heavy atom. The SMILES string of the molecule is CCOc1cc(Nc2nc3c(cc2F)ncn3[C@@H](C)c2ccc(F)cn2)[nH]n1. The van der Waals surface area contributed by atoms with E-state index in [1.54, 1.807) is 23.0 Å². The molecule has 0 radical (unpaired) electrons. The van der Waals surface area contributed by atoms with Gasteiger partial charge in [-0.3, -0.25) is 10.1 Å². The average Bonchev–Trinajstić information content (AvgIpc) is 3.29. The van der Waals surface area contributed by atoms with E-state index in [0.717, 1.165) is 6.20 Å². The lowest BCUT2D eigenvalue weighted by Gasteiger charge is -2.14. The van der Waals surface area contributed by atoms with Crippen LogP contribution in [-0.4, -0.2) is 36.3 Å². The van der Waals surface area contributed by atoms with Crippen molar-refractivity contribution in [3.05, 3.63) is 54.1 Å². The fourth-order valence-corrected chi connectivity index (χ4v) is 2.80. The zero-order valence-corrected chi connectivity index (χ0v) is 15.1. The van der Waals surface area contributed by atoms with Crippen LogP contribution in [0.2, 0.25) is 0 Å². The van der Waals surface area contributed by atoms with Gasteiger partial charge in [0.1, 0.15) is 17.2 Å². The van der Waals surface area contributed by atoms with Crippen molar-refractivity contribution < 1.29 is 13.5 Å². The lowest BCUT2D eigenvalue weighted by molar-refractivity contribution is 0.326. The molecule has 28 heavy (non-hydrogen) atoms. The second-order valence-electron chi connectivity index (χ2n) is 6.07. The molecule has 4 aromatic heterocycles. The summed E-state index contributed by atoms with van der Waals surface area (Å²) >= 11 is 0. The number of rotatable bonds is 6. The number of aromatic nitrogens is 6. The highest BCUT2D eigenvalue weighted by atomic mass is 19.1. The number of hydrogen-bond donors (Lipinski definition) is 2. The first-order valence-electron chi connectivity index (χ1n) is 8.65. The van der Waals surface area contributed by atoms with E-state index in [0.29, 0.717) is 35.2 Å². The van der Waals surface area contributed by atoms with Crippen molar-refractivity contribution in [3.8, 4) is 5.88 Å². The summed E-state index contributed by atoms with van der Waals surface area (Å²) in [6.07, 6.45) is 2.71. The molecule has 8 nitrogen and oxygen atoms in total. The van der Waals surface area contributed by atoms with Crippen LogP contribution in [0.3, 0.4) is 0 Å². The van der Waals surface area contributed by atoms with Crippen LogP contribution in [0.5, 0.6) is 5.88 Å². The highest BCUT2D eigenvalue weighted by molar-refractivity contribution is 5.74. The number of hydrogen-bond acceptors (Lipinski definition) is 6. The van der Waals surface area contributed by atoms with Gasteiger partial charge in [-0.2, -0.15) is 0 Å². The quantitative estimate of drug-likeness (QED) is 0.527. The van der Waals surface area contributed by atoms with Crippen molar-refractivity contribution in [2.75, 3.05) is 11.9 Å². The van der Waals surface area contributed by atoms with Gasteiger partial charge in [0.2, 0.25) is 5.88 Å². The molecule has 0 aromatic carbocycles. The van der Waals surface area contributed by atoms with E-state index in [-0.39, 0.29) is 11.9 Å². The number of imidazole rings is 1. The molecule has 4 heterocycles. The number of nitrogens with one attached hydrogen (secondary N) is 2. The van der Waals surface area contributed by atoms with Crippen molar-refractivity contribution in [2.45, 2.75) is 19.9 Å². The number of aromatic amines is 1. The highest BCUT2D eigenvalue weighted by Gasteiger charge is 2.17. The summed E-state index contributed by atoms with van der Waals surface area (Å²) in [7, 11) is 0. The smallest absolute Gasteiger partial charge is 0.234 e. The molecule has 0 saturated heterocycles. The summed E-state index contributed by atoms with van der Waals surface area (Å²) in [5, 5.41) is 9.53. The van der Waals surface area contributed by atoms with Gasteiger partial charge < -0.3 is 14.6 Å².